The van der Waals surface area contributed by atoms with E-state index in [9.17, 15) is 14.4 Å². The van der Waals surface area contributed by atoms with Crippen LogP contribution in [-0.4, -0.2) is 85.4 Å². The first kappa shape index (κ1) is 23.8. The molecule has 3 saturated heterocycles. The number of hydrogen-bond acceptors (Lipinski definition) is 8. The summed E-state index contributed by atoms with van der Waals surface area (Å²) < 4.78 is 10.8. The van der Waals surface area contributed by atoms with Crippen LogP contribution in [0.5, 0.6) is 5.75 Å². The Kier molecular flexibility index (Phi) is 7.42. The smallest absolute Gasteiger partial charge is 0.327 e. The molecule has 3 heterocycles. The molecule has 0 aliphatic carbocycles. The molecule has 5 atom stereocenters. The van der Waals surface area contributed by atoms with Crippen molar-refractivity contribution in [1.82, 2.24) is 25.8 Å². The van der Waals surface area contributed by atoms with Gasteiger partial charge in [0.15, 0.2) is 0 Å². The van der Waals surface area contributed by atoms with Gasteiger partial charge in [-0.25, -0.2) is 4.79 Å². The van der Waals surface area contributed by atoms with E-state index in [1.165, 1.54) is 18.8 Å². The van der Waals surface area contributed by atoms with E-state index in [0.717, 1.165) is 35.7 Å². The molecule has 3 N–H and O–H groups in total. The quantitative estimate of drug-likeness (QED) is 0.526. The van der Waals surface area contributed by atoms with Crippen molar-refractivity contribution < 1.29 is 23.9 Å². The van der Waals surface area contributed by atoms with Gasteiger partial charge in [-0.3, -0.25) is 25.1 Å². The van der Waals surface area contributed by atoms with Crippen LogP contribution in [0.4, 0.5) is 4.79 Å². The lowest BCUT2D eigenvalue weighted by Gasteiger charge is -2.50. The van der Waals surface area contributed by atoms with Gasteiger partial charge >= 0.3 is 6.03 Å². The molecule has 0 radical (unpaired) electrons. The van der Waals surface area contributed by atoms with Crippen LogP contribution in [0.25, 0.3) is 0 Å². The maximum absolute atomic E-state index is 13.0. The largest absolute Gasteiger partial charge is 0.497 e. The first-order valence-corrected chi connectivity index (χ1v) is 12.1. The van der Waals surface area contributed by atoms with Crippen LogP contribution in [-0.2, 0) is 14.3 Å². The predicted octanol–water partition coefficient (Wildman–Crippen LogP) is 0.707. The Balaban J connectivity index is 1.48. The fourth-order valence-corrected chi connectivity index (χ4v) is 5.57. The highest BCUT2D eigenvalue weighted by molar-refractivity contribution is 8.00. The molecule has 4 amide bonds. The highest BCUT2D eigenvalue weighted by atomic mass is 32.2. The molecule has 0 aromatic heterocycles. The molecule has 180 valence electrons. The van der Waals surface area contributed by atoms with Crippen molar-refractivity contribution in [2.75, 3.05) is 40.1 Å². The number of imide groups is 1. The number of carbonyl (C=O) groups excluding carboxylic acids is 3. The third-order valence-corrected chi connectivity index (χ3v) is 7.57. The van der Waals surface area contributed by atoms with E-state index in [1.807, 2.05) is 24.3 Å². The van der Waals surface area contributed by atoms with Gasteiger partial charge in [-0.15, -0.1) is 11.8 Å². The van der Waals surface area contributed by atoms with E-state index in [-0.39, 0.29) is 41.2 Å². The molecule has 11 heteroatoms. The predicted molar refractivity (Wildman–Crippen MR) is 123 cm³/mol. The summed E-state index contributed by atoms with van der Waals surface area (Å²) in [5.41, 5.74) is 0.940. The van der Waals surface area contributed by atoms with Gasteiger partial charge in [0.25, 0.3) is 0 Å². The minimum absolute atomic E-state index is 0.0769. The summed E-state index contributed by atoms with van der Waals surface area (Å²) in [4.78, 5) is 40.8. The van der Waals surface area contributed by atoms with E-state index < -0.39 is 12.1 Å². The van der Waals surface area contributed by atoms with Crippen LogP contribution < -0.4 is 20.7 Å². The Labute approximate surface area is 197 Å². The van der Waals surface area contributed by atoms with Crippen LogP contribution >= 0.6 is 11.8 Å². The fraction of sp³-hybridized carbons (Fsp3) is 0.591. The number of fused-ring (bicyclic) bond motifs is 1. The van der Waals surface area contributed by atoms with Crippen molar-refractivity contribution in [2.45, 2.75) is 36.7 Å². The molecule has 1 aromatic rings. The van der Waals surface area contributed by atoms with Gasteiger partial charge in [0.1, 0.15) is 5.75 Å². The zero-order valence-corrected chi connectivity index (χ0v) is 19.9. The van der Waals surface area contributed by atoms with Crippen molar-refractivity contribution in [1.29, 1.82) is 0 Å². The number of benzene rings is 1. The summed E-state index contributed by atoms with van der Waals surface area (Å²) >= 11 is 1.37. The Morgan fingerprint density at radius 3 is 2.67 bits per heavy atom. The molecule has 0 spiro atoms. The molecule has 4 rings (SSSR count). The number of thioether (sulfide) groups is 1. The van der Waals surface area contributed by atoms with Crippen molar-refractivity contribution in [2.24, 2.45) is 5.92 Å². The Hall–Kier alpha value is -2.34. The van der Waals surface area contributed by atoms with E-state index in [0.29, 0.717) is 6.54 Å². The minimum atomic E-state index is -0.539. The van der Waals surface area contributed by atoms with Crippen molar-refractivity contribution in [3.63, 3.8) is 0 Å². The summed E-state index contributed by atoms with van der Waals surface area (Å²) in [6.45, 7) is 1.24. The number of urea groups is 1. The van der Waals surface area contributed by atoms with Gasteiger partial charge in [0, 0.05) is 27.2 Å². The van der Waals surface area contributed by atoms with E-state index >= 15 is 0 Å². The van der Waals surface area contributed by atoms with Gasteiger partial charge in [-0.2, -0.15) is 0 Å². The summed E-state index contributed by atoms with van der Waals surface area (Å²) in [6.07, 6.45) is 1.25. The van der Waals surface area contributed by atoms with Gasteiger partial charge in [-0.1, -0.05) is 12.1 Å². The van der Waals surface area contributed by atoms with Gasteiger partial charge < -0.3 is 19.7 Å². The topological polar surface area (TPSA) is 112 Å². The highest BCUT2D eigenvalue weighted by Crippen LogP contribution is 2.34. The SMILES string of the molecule is COc1ccc(C2NC(SCC(=O)NCC3CCCO3)C3C(=O)N(C)C(=O)N(C)C3N2)cc1. The van der Waals surface area contributed by atoms with Gasteiger partial charge in [0.05, 0.1) is 42.6 Å². The fourth-order valence-electron chi connectivity index (χ4n) is 4.44. The maximum Gasteiger partial charge on any atom is 0.327 e. The van der Waals surface area contributed by atoms with Crippen molar-refractivity contribution in [3.8, 4) is 5.75 Å². The second-order valence-corrected chi connectivity index (χ2v) is 9.60. The first-order chi connectivity index (χ1) is 15.9. The maximum atomic E-state index is 13.0. The normalized spacial score (nSPS) is 29.7. The third kappa shape index (κ3) is 5.11. The number of nitrogens with one attached hydrogen (secondary N) is 3. The van der Waals surface area contributed by atoms with Crippen LogP contribution in [0.15, 0.2) is 24.3 Å². The van der Waals surface area contributed by atoms with Crippen LogP contribution in [0.1, 0.15) is 24.6 Å². The van der Waals surface area contributed by atoms with E-state index in [2.05, 4.69) is 16.0 Å². The molecule has 1 aromatic carbocycles. The standard InChI is InChI=1S/C22H31N5O5S/c1-26-19-17(21(29)27(2)22(26)30)20(33-12-16(28)23-11-15-5-4-10-32-15)25-18(24-19)13-6-8-14(31-3)9-7-13/h6-9,15,17-20,24-25H,4-5,10-12H2,1-3H3,(H,23,28). The molecule has 10 nitrogen and oxygen atoms in total. The van der Waals surface area contributed by atoms with Crippen LogP contribution in [0.2, 0.25) is 0 Å². The van der Waals surface area contributed by atoms with Crippen LogP contribution in [0, 0.1) is 5.92 Å². The molecule has 33 heavy (non-hydrogen) atoms. The molecule has 0 saturated carbocycles. The lowest BCUT2D eigenvalue weighted by Crippen LogP contribution is -2.72. The van der Waals surface area contributed by atoms with Crippen LogP contribution in [0.3, 0.4) is 0 Å². The second-order valence-electron chi connectivity index (χ2n) is 8.47. The number of amides is 4. The zero-order valence-electron chi connectivity index (χ0n) is 19.1. The first-order valence-electron chi connectivity index (χ1n) is 11.1. The molecule has 5 unspecified atom stereocenters. The molecular formula is C22H31N5O5S. The number of carbonyl (C=O) groups is 3. The monoisotopic (exact) mass is 477 g/mol. The Morgan fingerprint density at radius 2 is 2.00 bits per heavy atom. The number of methoxy groups -OCH3 is 1. The van der Waals surface area contributed by atoms with E-state index in [1.54, 1.807) is 19.1 Å². The Morgan fingerprint density at radius 1 is 1.24 bits per heavy atom. The van der Waals surface area contributed by atoms with Crippen molar-refractivity contribution in [3.05, 3.63) is 29.8 Å². The lowest BCUT2D eigenvalue weighted by molar-refractivity contribution is -0.140. The number of ether oxygens (including phenoxy) is 2. The van der Waals surface area contributed by atoms with Crippen molar-refractivity contribution >= 4 is 29.6 Å². The second kappa shape index (κ2) is 10.3. The Bertz CT molecular complexity index is 878. The summed E-state index contributed by atoms with van der Waals surface area (Å²) in [5.74, 6) is 0.0200. The molecular weight excluding hydrogens is 446 g/mol. The molecule has 0 bridgehead atoms. The minimum Gasteiger partial charge on any atom is -0.497 e. The summed E-state index contributed by atoms with van der Waals surface area (Å²) in [5, 5.41) is 9.41. The average Bonchev–Trinajstić information content (AvgIpc) is 3.37. The number of rotatable bonds is 7. The van der Waals surface area contributed by atoms with Gasteiger partial charge in [0.2, 0.25) is 11.8 Å². The average molecular weight is 478 g/mol. The molecule has 3 aliphatic rings. The summed E-state index contributed by atoms with van der Waals surface area (Å²) in [6, 6.07) is 7.22. The lowest BCUT2D eigenvalue weighted by atomic mass is 9.96. The highest BCUT2D eigenvalue weighted by Gasteiger charge is 2.51. The number of hydrogen-bond donors (Lipinski definition) is 3. The third-order valence-electron chi connectivity index (χ3n) is 6.35. The number of nitrogens with zero attached hydrogens (tertiary/aromatic N) is 2. The summed E-state index contributed by atoms with van der Waals surface area (Å²) in [7, 11) is 4.78. The zero-order chi connectivity index (χ0) is 23.5. The molecule has 3 fully saturated rings. The molecule has 3 aliphatic heterocycles. The van der Waals surface area contributed by atoms with E-state index in [4.69, 9.17) is 9.47 Å². The van der Waals surface area contributed by atoms with Gasteiger partial charge in [-0.05, 0) is 30.5 Å².